The number of aryl methyl sites for hydroxylation is 2. The summed E-state index contributed by atoms with van der Waals surface area (Å²) in [4.78, 5) is 12.3. The number of carbonyl (C=O) groups is 1. The molecule has 1 aliphatic rings. The number of amides is 1. The molecule has 0 radical (unpaired) electrons. The number of benzene rings is 2. The first-order valence-corrected chi connectivity index (χ1v) is 7.78. The lowest BCUT2D eigenvalue weighted by Gasteiger charge is -2.15. The molecule has 1 heterocycles. The maximum Gasteiger partial charge on any atom is 0.231 e. The van der Waals surface area contributed by atoms with Crippen molar-refractivity contribution in [2.75, 3.05) is 6.79 Å². The van der Waals surface area contributed by atoms with Gasteiger partial charge in [-0.05, 0) is 55.2 Å². The summed E-state index contributed by atoms with van der Waals surface area (Å²) in [5, 5.41) is 3.03. The Hall–Kier alpha value is -2.49. The van der Waals surface area contributed by atoms with E-state index in [0.29, 0.717) is 6.42 Å². The highest BCUT2D eigenvalue weighted by atomic mass is 16.7. The van der Waals surface area contributed by atoms with Crippen molar-refractivity contribution in [1.82, 2.24) is 5.32 Å². The van der Waals surface area contributed by atoms with Crippen molar-refractivity contribution < 1.29 is 14.3 Å². The molecule has 0 aromatic heterocycles. The highest BCUT2D eigenvalue weighted by Gasteiger charge is 2.17. The predicted octanol–water partition coefficient (Wildman–Crippen LogP) is 3.45. The normalized spacial score (nSPS) is 13.7. The molecule has 0 spiro atoms. The topological polar surface area (TPSA) is 47.6 Å². The molecule has 0 fully saturated rings. The van der Waals surface area contributed by atoms with Crippen molar-refractivity contribution in [2.45, 2.75) is 33.2 Å². The van der Waals surface area contributed by atoms with Gasteiger partial charge in [0.25, 0.3) is 0 Å². The average Bonchev–Trinajstić information content (AvgIpc) is 2.98. The summed E-state index contributed by atoms with van der Waals surface area (Å²) in [6.45, 7) is 6.36. The van der Waals surface area contributed by atoms with E-state index in [-0.39, 0.29) is 18.7 Å². The molecule has 0 saturated carbocycles. The minimum absolute atomic E-state index is 0.0124. The number of hydrogen-bond acceptors (Lipinski definition) is 3. The molecule has 0 bridgehead atoms. The van der Waals surface area contributed by atoms with Gasteiger partial charge in [-0.1, -0.05) is 24.3 Å². The van der Waals surface area contributed by atoms with Crippen LogP contribution >= 0.6 is 0 Å². The standard InChI is InChI=1S/C19H21NO3/c1-12-4-5-15(8-13(12)2)9-19(21)20-14(3)16-6-7-17-18(10-16)23-11-22-17/h4-8,10,14H,9,11H2,1-3H3,(H,20,21). The SMILES string of the molecule is Cc1ccc(CC(=O)NC(C)c2ccc3c(c2)OCO3)cc1C. The van der Waals surface area contributed by atoms with Crippen molar-refractivity contribution in [3.8, 4) is 11.5 Å². The van der Waals surface area contributed by atoms with Gasteiger partial charge >= 0.3 is 0 Å². The first-order chi connectivity index (χ1) is 11.0. The largest absolute Gasteiger partial charge is 0.454 e. The molecule has 1 unspecified atom stereocenters. The van der Waals surface area contributed by atoms with Crippen LogP contribution in [0.2, 0.25) is 0 Å². The van der Waals surface area contributed by atoms with Gasteiger partial charge in [0.1, 0.15) is 0 Å². The average molecular weight is 311 g/mol. The third-order valence-electron chi connectivity index (χ3n) is 4.21. The van der Waals surface area contributed by atoms with Crippen molar-refractivity contribution in [1.29, 1.82) is 0 Å². The van der Waals surface area contributed by atoms with Crippen LogP contribution in [0.15, 0.2) is 36.4 Å². The molecule has 1 N–H and O–H groups in total. The van der Waals surface area contributed by atoms with Gasteiger partial charge in [0, 0.05) is 0 Å². The molecule has 2 aromatic carbocycles. The Balaban J connectivity index is 1.64. The second kappa shape index (κ2) is 6.32. The van der Waals surface area contributed by atoms with E-state index < -0.39 is 0 Å². The van der Waals surface area contributed by atoms with E-state index in [4.69, 9.17) is 9.47 Å². The smallest absolute Gasteiger partial charge is 0.231 e. The van der Waals surface area contributed by atoms with E-state index in [0.717, 1.165) is 22.6 Å². The monoisotopic (exact) mass is 311 g/mol. The van der Waals surface area contributed by atoms with Crippen LogP contribution in [-0.4, -0.2) is 12.7 Å². The third-order valence-corrected chi connectivity index (χ3v) is 4.21. The number of fused-ring (bicyclic) bond motifs is 1. The van der Waals surface area contributed by atoms with Crippen molar-refractivity contribution >= 4 is 5.91 Å². The molecule has 120 valence electrons. The predicted molar refractivity (Wildman–Crippen MR) is 88.7 cm³/mol. The summed E-state index contributed by atoms with van der Waals surface area (Å²) in [7, 11) is 0. The molecule has 1 atom stereocenters. The first kappa shape index (κ1) is 15.4. The van der Waals surface area contributed by atoms with Crippen LogP contribution in [-0.2, 0) is 11.2 Å². The zero-order valence-corrected chi connectivity index (χ0v) is 13.7. The van der Waals surface area contributed by atoms with Crippen LogP contribution in [0.25, 0.3) is 0 Å². The highest BCUT2D eigenvalue weighted by molar-refractivity contribution is 5.79. The Kier molecular flexibility index (Phi) is 4.24. The van der Waals surface area contributed by atoms with Crippen LogP contribution in [0.3, 0.4) is 0 Å². The fraction of sp³-hybridized carbons (Fsp3) is 0.316. The minimum atomic E-state index is -0.0801. The summed E-state index contributed by atoms with van der Waals surface area (Å²) in [5.41, 5.74) is 4.48. The molecule has 1 aliphatic heterocycles. The first-order valence-electron chi connectivity index (χ1n) is 7.78. The maximum absolute atomic E-state index is 12.3. The Labute approximate surface area is 136 Å². The number of ether oxygens (including phenoxy) is 2. The highest BCUT2D eigenvalue weighted by Crippen LogP contribution is 2.34. The fourth-order valence-corrected chi connectivity index (χ4v) is 2.66. The van der Waals surface area contributed by atoms with E-state index >= 15 is 0 Å². The van der Waals surface area contributed by atoms with Crippen molar-refractivity contribution in [3.05, 3.63) is 58.7 Å². The third kappa shape index (κ3) is 3.47. The second-order valence-corrected chi connectivity index (χ2v) is 6.00. The Morgan fingerprint density at radius 3 is 2.65 bits per heavy atom. The molecule has 2 aromatic rings. The van der Waals surface area contributed by atoms with Gasteiger partial charge < -0.3 is 14.8 Å². The molecule has 0 aliphatic carbocycles. The Morgan fingerprint density at radius 2 is 1.87 bits per heavy atom. The van der Waals surface area contributed by atoms with Gasteiger partial charge in [0.05, 0.1) is 12.5 Å². The van der Waals surface area contributed by atoms with E-state index in [1.165, 1.54) is 11.1 Å². The minimum Gasteiger partial charge on any atom is -0.454 e. The molecule has 0 saturated heterocycles. The summed E-state index contributed by atoms with van der Waals surface area (Å²) >= 11 is 0. The van der Waals surface area contributed by atoms with Crippen LogP contribution < -0.4 is 14.8 Å². The molecular formula is C19H21NO3. The lowest BCUT2D eigenvalue weighted by Crippen LogP contribution is -2.28. The summed E-state index contributed by atoms with van der Waals surface area (Å²) in [5.74, 6) is 1.50. The zero-order valence-electron chi connectivity index (χ0n) is 13.7. The number of hydrogen-bond donors (Lipinski definition) is 1. The zero-order chi connectivity index (χ0) is 16.4. The van der Waals surface area contributed by atoms with Crippen LogP contribution in [0.4, 0.5) is 0 Å². The Bertz CT molecular complexity index is 739. The van der Waals surface area contributed by atoms with Crippen LogP contribution in [0.5, 0.6) is 11.5 Å². The molecule has 4 nitrogen and oxygen atoms in total. The van der Waals surface area contributed by atoms with Crippen molar-refractivity contribution in [2.24, 2.45) is 0 Å². The summed E-state index contributed by atoms with van der Waals surface area (Å²) in [6.07, 6.45) is 0.385. The van der Waals surface area contributed by atoms with Crippen LogP contribution in [0, 0.1) is 13.8 Å². The van der Waals surface area contributed by atoms with Gasteiger partial charge in [-0.2, -0.15) is 0 Å². The number of nitrogens with one attached hydrogen (secondary N) is 1. The van der Waals surface area contributed by atoms with E-state index in [1.807, 2.05) is 31.2 Å². The quantitative estimate of drug-likeness (QED) is 0.941. The van der Waals surface area contributed by atoms with Gasteiger partial charge in [-0.3, -0.25) is 4.79 Å². The van der Waals surface area contributed by atoms with Gasteiger partial charge in [-0.25, -0.2) is 0 Å². The van der Waals surface area contributed by atoms with E-state index in [2.05, 4.69) is 31.3 Å². The molecule has 4 heteroatoms. The molecule has 3 rings (SSSR count). The van der Waals surface area contributed by atoms with Gasteiger partial charge in [0.2, 0.25) is 12.7 Å². The summed E-state index contributed by atoms with van der Waals surface area (Å²) < 4.78 is 10.7. The number of rotatable bonds is 4. The molecule has 23 heavy (non-hydrogen) atoms. The second-order valence-electron chi connectivity index (χ2n) is 6.00. The lowest BCUT2D eigenvalue weighted by atomic mass is 10.0. The van der Waals surface area contributed by atoms with E-state index in [9.17, 15) is 4.79 Å². The van der Waals surface area contributed by atoms with Gasteiger partial charge in [0.15, 0.2) is 11.5 Å². The van der Waals surface area contributed by atoms with Crippen molar-refractivity contribution in [3.63, 3.8) is 0 Å². The molecule has 1 amide bonds. The fourth-order valence-electron chi connectivity index (χ4n) is 2.66. The van der Waals surface area contributed by atoms with E-state index in [1.54, 1.807) is 0 Å². The van der Waals surface area contributed by atoms with Gasteiger partial charge in [-0.15, -0.1) is 0 Å². The number of carbonyl (C=O) groups excluding carboxylic acids is 1. The Morgan fingerprint density at radius 1 is 1.09 bits per heavy atom. The molecular weight excluding hydrogens is 290 g/mol. The van der Waals surface area contributed by atoms with Crippen LogP contribution in [0.1, 0.15) is 35.2 Å². The lowest BCUT2D eigenvalue weighted by molar-refractivity contribution is -0.121. The summed E-state index contributed by atoms with van der Waals surface area (Å²) in [6, 6.07) is 11.8. The maximum atomic E-state index is 12.3.